The van der Waals surface area contributed by atoms with Gasteiger partial charge in [0.2, 0.25) is 5.91 Å². The van der Waals surface area contributed by atoms with Crippen LogP contribution in [0, 0.1) is 0 Å². The minimum atomic E-state index is -0.318. The van der Waals surface area contributed by atoms with Gasteiger partial charge in [-0.05, 0) is 42.3 Å². The van der Waals surface area contributed by atoms with Gasteiger partial charge >= 0.3 is 0 Å². The topological polar surface area (TPSA) is 76.7 Å². The Hall–Kier alpha value is -3.02. The van der Waals surface area contributed by atoms with Gasteiger partial charge in [0.05, 0.1) is 20.8 Å². The molecule has 2 N–H and O–H groups in total. The van der Waals surface area contributed by atoms with E-state index in [1.807, 2.05) is 24.3 Å². The lowest BCUT2D eigenvalue weighted by molar-refractivity contribution is -0.120. The third-order valence-electron chi connectivity index (χ3n) is 3.61. The van der Waals surface area contributed by atoms with Crippen LogP contribution in [0.2, 0.25) is 0 Å². The normalized spacial score (nSPS) is 10.0. The van der Waals surface area contributed by atoms with Crippen LogP contribution in [0.1, 0.15) is 15.9 Å². The van der Waals surface area contributed by atoms with Gasteiger partial charge in [-0.15, -0.1) is 0 Å². The zero-order valence-corrected chi connectivity index (χ0v) is 14.4. The Kier molecular flexibility index (Phi) is 6.83. The molecule has 0 unspecified atom stereocenters. The fraction of sp³-hybridized carbons (Fsp3) is 0.263. The molecule has 0 aromatic heterocycles. The lowest BCUT2D eigenvalue weighted by Crippen LogP contribution is -2.37. The first-order valence-corrected chi connectivity index (χ1v) is 7.94. The van der Waals surface area contributed by atoms with Gasteiger partial charge in [0.25, 0.3) is 5.91 Å². The van der Waals surface area contributed by atoms with Crippen LogP contribution in [-0.4, -0.2) is 39.1 Å². The summed E-state index contributed by atoms with van der Waals surface area (Å²) in [7, 11) is 3.15. The maximum atomic E-state index is 12.0. The Bertz CT molecular complexity index is 731. The molecular formula is C19H22N2O4. The number of hydrogen-bond donors (Lipinski definition) is 2. The molecule has 0 atom stereocenters. The summed E-state index contributed by atoms with van der Waals surface area (Å²) in [5.41, 5.74) is 1.52. The van der Waals surface area contributed by atoms with Gasteiger partial charge in [-0.1, -0.05) is 18.2 Å². The van der Waals surface area contributed by atoms with Crippen molar-refractivity contribution in [2.45, 2.75) is 6.42 Å². The van der Waals surface area contributed by atoms with Crippen LogP contribution >= 0.6 is 0 Å². The number of carbonyl (C=O) groups is 2. The summed E-state index contributed by atoms with van der Waals surface area (Å²) in [4.78, 5) is 23.9. The van der Waals surface area contributed by atoms with E-state index in [4.69, 9.17) is 9.47 Å². The Morgan fingerprint density at radius 2 is 1.60 bits per heavy atom. The summed E-state index contributed by atoms with van der Waals surface area (Å²) < 4.78 is 10.2. The van der Waals surface area contributed by atoms with Crippen LogP contribution in [0.5, 0.6) is 11.5 Å². The molecule has 2 aromatic rings. The zero-order valence-electron chi connectivity index (χ0n) is 14.4. The van der Waals surface area contributed by atoms with Crippen LogP contribution < -0.4 is 20.1 Å². The second-order valence-electron chi connectivity index (χ2n) is 5.37. The van der Waals surface area contributed by atoms with E-state index < -0.39 is 0 Å². The molecule has 0 saturated carbocycles. The zero-order chi connectivity index (χ0) is 18.1. The Morgan fingerprint density at radius 1 is 0.920 bits per heavy atom. The van der Waals surface area contributed by atoms with Crippen LogP contribution in [0.15, 0.2) is 48.5 Å². The highest BCUT2D eigenvalue weighted by Crippen LogP contribution is 2.13. The van der Waals surface area contributed by atoms with E-state index >= 15 is 0 Å². The van der Waals surface area contributed by atoms with Gasteiger partial charge in [-0.2, -0.15) is 0 Å². The molecule has 0 bridgehead atoms. The molecule has 6 nitrogen and oxygen atoms in total. The number of carbonyl (C=O) groups excluding carboxylic acids is 2. The molecule has 25 heavy (non-hydrogen) atoms. The first kappa shape index (κ1) is 18.3. The van der Waals surface area contributed by atoms with Gasteiger partial charge < -0.3 is 20.1 Å². The fourth-order valence-electron chi connectivity index (χ4n) is 2.26. The molecule has 2 aromatic carbocycles. The lowest BCUT2D eigenvalue weighted by atomic mass is 10.1. The quantitative estimate of drug-likeness (QED) is 0.767. The number of nitrogens with one attached hydrogen (secondary N) is 2. The van der Waals surface area contributed by atoms with Crippen LogP contribution in [0.4, 0.5) is 0 Å². The molecule has 6 heteroatoms. The Balaban J connectivity index is 1.73. The van der Waals surface area contributed by atoms with Gasteiger partial charge in [0.1, 0.15) is 11.5 Å². The van der Waals surface area contributed by atoms with Crippen molar-refractivity contribution in [2.24, 2.45) is 0 Å². The second kappa shape index (κ2) is 9.32. The monoisotopic (exact) mass is 342 g/mol. The number of methoxy groups -OCH3 is 2. The van der Waals surface area contributed by atoms with Gasteiger partial charge in [0.15, 0.2) is 0 Å². The third-order valence-corrected chi connectivity index (χ3v) is 3.61. The molecule has 2 rings (SSSR count). The average molecular weight is 342 g/mol. The van der Waals surface area contributed by atoms with Crippen molar-refractivity contribution < 1.29 is 19.1 Å². The predicted molar refractivity (Wildman–Crippen MR) is 95.0 cm³/mol. The smallest absolute Gasteiger partial charge is 0.251 e. The number of ether oxygens (including phenoxy) is 2. The summed E-state index contributed by atoms with van der Waals surface area (Å²) in [6.45, 7) is 0.412. The van der Waals surface area contributed by atoms with Crippen molar-refractivity contribution >= 4 is 11.8 Å². The summed E-state index contributed by atoms with van der Waals surface area (Å²) in [5.74, 6) is 0.825. The third kappa shape index (κ3) is 5.84. The molecule has 0 fully saturated rings. The molecule has 0 aliphatic heterocycles. The summed E-state index contributed by atoms with van der Waals surface area (Å²) in [5, 5.41) is 5.37. The SMILES string of the molecule is COc1cccc(CCNC(=O)CNC(=O)c2cccc(OC)c2)c1. The van der Waals surface area contributed by atoms with Crippen molar-refractivity contribution in [1.82, 2.24) is 10.6 Å². The van der Waals surface area contributed by atoms with Crippen LogP contribution in [0.3, 0.4) is 0 Å². The van der Waals surface area contributed by atoms with Crippen molar-refractivity contribution in [3.05, 3.63) is 59.7 Å². The lowest BCUT2D eigenvalue weighted by Gasteiger charge is -2.08. The highest BCUT2D eigenvalue weighted by Gasteiger charge is 2.08. The van der Waals surface area contributed by atoms with Crippen molar-refractivity contribution in [3.8, 4) is 11.5 Å². The highest BCUT2D eigenvalue weighted by molar-refractivity contribution is 5.96. The molecular weight excluding hydrogens is 320 g/mol. The van der Waals surface area contributed by atoms with Crippen molar-refractivity contribution in [1.29, 1.82) is 0 Å². The minimum Gasteiger partial charge on any atom is -0.497 e. The number of amides is 2. The molecule has 2 amide bonds. The molecule has 0 radical (unpaired) electrons. The largest absolute Gasteiger partial charge is 0.497 e. The van der Waals surface area contributed by atoms with Crippen LogP contribution in [0.25, 0.3) is 0 Å². The summed E-state index contributed by atoms with van der Waals surface area (Å²) >= 11 is 0. The summed E-state index contributed by atoms with van der Waals surface area (Å²) in [6.07, 6.45) is 0.687. The van der Waals surface area contributed by atoms with E-state index in [9.17, 15) is 9.59 Å². The van der Waals surface area contributed by atoms with Crippen LogP contribution in [-0.2, 0) is 11.2 Å². The van der Waals surface area contributed by atoms with E-state index in [1.165, 1.54) is 7.11 Å². The fourth-order valence-corrected chi connectivity index (χ4v) is 2.26. The summed E-state index contributed by atoms with van der Waals surface area (Å²) in [6, 6.07) is 14.4. The average Bonchev–Trinajstić information content (AvgIpc) is 2.66. The maximum Gasteiger partial charge on any atom is 0.251 e. The highest BCUT2D eigenvalue weighted by atomic mass is 16.5. The Labute approximate surface area is 147 Å². The molecule has 0 aliphatic rings. The van der Waals surface area contributed by atoms with Gasteiger partial charge in [0, 0.05) is 12.1 Å². The maximum absolute atomic E-state index is 12.0. The molecule has 0 spiro atoms. The first-order valence-electron chi connectivity index (χ1n) is 7.94. The number of benzene rings is 2. The standard InChI is InChI=1S/C19H22N2O4/c1-24-16-7-3-5-14(11-16)9-10-20-18(22)13-21-19(23)15-6-4-8-17(12-15)25-2/h3-8,11-12H,9-10,13H2,1-2H3,(H,20,22)(H,21,23). The number of rotatable bonds is 8. The van der Waals surface area contributed by atoms with E-state index in [0.717, 1.165) is 11.3 Å². The van der Waals surface area contributed by atoms with Crippen molar-refractivity contribution in [2.75, 3.05) is 27.3 Å². The van der Waals surface area contributed by atoms with E-state index in [-0.39, 0.29) is 18.4 Å². The Morgan fingerprint density at radius 3 is 2.32 bits per heavy atom. The molecule has 0 aliphatic carbocycles. The van der Waals surface area contributed by atoms with E-state index in [1.54, 1.807) is 31.4 Å². The first-order chi connectivity index (χ1) is 12.1. The molecule has 0 heterocycles. The second-order valence-corrected chi connectivity index (χ2v) is 5.37. The molecule has 132 valence electrons. The van der Waals surface area contributed by atoms with E-state index in [2.05, 4.69) is 10.6 Å². The van der Waals surface area contributed by atoms with E-state index in [0.29, 0.717) is 24.3 Å². The van der Waals surface area contributed by atoms with Gasteiger partial charge in [-0.3, -0.25) is 9.59 Å². The minimum absolute atomic E-state index is 0.0752. The number of hydrogen-bond acceptors (Lipinski definition) is 4. The predicted octanol–water partition coefficient (Wildman–Crippen LogP) is 1.79. The van der Waals surface area contributed by atoms with Gasteiger partial charge in [-0.25, -0.2) is 0 Å². The van der Waals surface area contributed by atoms with Crippen molar-refractivity contribution in [3.63, 3.8) is 0 Å². The molecule has 0 saturated heterocycles.